The Morgan fingerprint density at radius 1 is 1.38 bits per heavy atom. The highest BCUT2D eigenvalue weighted by atomic mass is 35.5. The van der Waals surface area contributed by atoms with E-state index in [0.717, 1.165) is 0 Å². The van der Waals surface area contributed by atoms with Crippen molar-refractivity contribution in [3.05, 3.63) is 35.4 Å². The molecule has 0 unspecified atom stereocenters. The molecule has 0 aliphatic carbocycles. The zero-order chi connectivity index (χ0) is 11.5. The fraction of sp³-hybridized carbons (Fsp3) is 0.300. The maximum absolute atomic E-state index is 12.0. The second-order valence-electron chi connectivity index (χ2n) is 3.16. The molecule has 0 fully saturated rings. The average molecular weight is 251 g/mol. The Hall–Kier alpha value is -1.25. The third-order valence-corrected chi connectivity index (χ3v) is 1.90. The van der Waals surface area contributed by atoms with E-state index >= 15 is 0 Å². The molecule has 6 heteroatoms. The second-order valence-corrected chi connectivity index (χ2v) is 3.16. The lowest BCUT2D eigenvalue weighted by atomic mass is 10.0. The maximum Gasteiger partial charge on any atom is 0.390 e. The van der Waals surface area contributed by atoms with E-state index in [1.54, 1.807) is 0 Å². The molecule has 1 rings (SSSR count). The zero-order valence-electron chi connectivity index (χ0n) is 8.16. The Morgan fingerprint density at radius 2 is 2.00 bits per heavy atom. The Bertz CT molecular complexity index is 384. The van der Waals surface area contributed by atoms with Crippen molar-refractivity contribution in [2.45, 2.75) is 18.6 Å². The highest BCUT2D eigenvalue weighted by Gasteiger charge is 2.30. The molecule has 1 atom stereocenters. The van der Waals surface area contributed by atoms with Gasteiger partial charge in [-0.3, -0.25) is 0 Å². The predicted octanol–water partition coefficient (Wildman–Crippen LogP) is 2.93. The van der Waals surface area contributed by atoms with Crippen LogP contribution in [0.4, 0.5) is 13.2 Å². The third-order valence-electron chi connectivity index (χ3n) is 1.90. The van der Waals surface area contributed by atoms with Crippen LogP contribution in [0.2, 0.25) is 0 Å². The molecule has 16 heavy (non-hydrogen) atoms. The number of alkyl halides is 3. The molecule has 1 aromatic carbocycles. The van der Waals surface area contributed by atoms with Crippen molar-refractivity contribution in [3.8, 4) is 6.07 Å². The Kier molecular flexibility index (Phi) is 5.28. The fourth-order valence-corrected chi connectivity index (χ4v) is 1.21. The minimum Gasteiger partial charge on any atom is -0.324 e. The Balaban J connectivity index is 0.00000225. The number of nitriles is 1. The van der Waals surface area contributed by atoms with E-state index in [-0.39, 0.29) is 12.4 Å². The molecule has 0 spiro atoms. The maximum atomic E-state index is 12.0. The van der Waals surface area contributed by atoms with E-state index < -0.39 is 18.6 Å². The van der Waals surface area contributed by atoms with Gasteiger partial charge in [0, 0.05) is 6.04 Å². The summed E-state index contributed by atoms with van der Waals surface area (Å²) in [4.78, 5) is 0. The summed E-state index contributed by atoms with van der Waals surface area (Å²) in [6.07, 6.45) is -5.37. The number of benzene rings is 1. The van der Waals surface area contributed by atoms with Crippen LogP contribution in [0.25, 0.3) is 0 Å². The van der Waals surface area contributed by atoms with Crippen molar-refractivity contribution >= 4 is 12.4 Å². The van der Waals surface area contributed by atoms with Crippen LogP contribution in [0.1, 0.15) is 23.6 Å². The van der Waals surface area contributed by atoms with E-state index in [4.69, 9.17) is 11.0 Å². The van der Waals surface area contributed by atoms with Crippen LogP contribution in [-0.2, 0) is 0 Å². The summed E-state index contributed by atoms with van der Waals surface area (Å²) in [5.41, 5.74) is 6.01. The summed E-state index contributed by atoms with van der Waals surface area (Å²) in [5, 5.41) is 8.56. The molecule has 0 saturated heterocycles. The van der Waals surface area contributed by atoms with Crippen LogP contribution < -0.4 is 5.73 Å². The first-order valence-corrected chi connectivity index (χ1v) is 4.25. The first-order valence-electron chi connectivity index (χ1n) is 4.25. The number of halogens is 4. The monoisotopic (exact) mass is 250 g/mol. The molecule has 0 heterocycles. The molecule has 0 amide bonds. The average Bonchev–Trinajstić information content (AvgIpc) is 2.15. The van der Waals surface area contributed by atoms with Gasteiger partial charge in [-0.2, -0.15) is 18.4 Å². The lowest BCUT2D eigenvalue weighted by Crippen LogP contribution is -2.20. The minimum atomic E-state index is -4.29. The lowest BCUT2D eigenvalue weighted by Gasteiger charge is -2.14. The summed E-state index contributed by atoms with van der Waals surface area (Å²) < 4.78 is 36.1. The van der Waals surface area contributed by atoms with Crippen LogP contribution in [0.5, 0.6) is 0 Å². The molecule has 0 aromatic heterocycles. The zero-order valence-corrected chi connectivity index (χ0v) is 8.98. The molecule has 2 N–H and O–H groups in total. The van der Waals surface area contributed by atoms with Gasteiger partial charge in [0.05, 0.1) is 18.1 Å². The van der Waals surface area contributed by atoms with E-state index in [9.17, 15) is 13.2 Å². The molecular weight excluding hydrogens is 241 g/mol. The largest absolute Gasteiger partial charge is 0.390 e. The second kappa shape index (κ2) is 5.73. The molecular formula is C10H10ClF3N2. The molecule has 2 nitrogen and oxygen atoms in total. The molecule has 0 aliphatic heterocycles. The van der Waals surface area contributed by atoms with Crippen molar-refractivity contribution in [2.75, 3.05) is 0 Å². The predicted molar refractivity (Wildman–Crippen MR) is 56.0 cm³/mol. The van der Waals surface area contributed by atoms with Gasteiger partial charge in [0.15, 0.2) is 0 Å². The van der Waals surface area contributed by atoms with Crippen LogP contribution in [0.3, 0.4) is 0 Å². The van der Waals surface area contributed by atoms with Gasteiger partial charge in [-0.25, -0.2) is 0 Å². The van der Waals surface area contributed by atoms with Crippen LogP contribution in [-0.4, -0.2) is 6.18 Å². The van der Waals surface area contributed by atoms with Crippen molar-refractivity contribution in [2.24, 2.45) is 5.73 Å². The van der Waals surface area contributed by atoms with Crippen LogP contribution in [0.15, 0.2) is 24.3 Å². The van der Waals surface area contributed by atoms with E-state index in [0.29, 0.717) is 11.1 Å². The summed E-state index contributed by atoms with van der Waals surface area (Å²) >= 11 is 0. The third kappa shape index (κ3) is 4.51. The number of rotatable bonds is 2. The SMILES string of the molecule is Cl.N#Cc1cccc([C@@H](N)CC(F)(F)F)c1. The Morgan fingerprint density at radius 3 is 2.50 bits per heavy atom. The number of nitrogens with zero attached hydrogens (tertiary/aromatic N) is 1. The molecule has 0 radical (unpaired) electrons. The number of hydrogen-bond acceptors (Lipinski definition) is 2. The number of hydrogen-bond donors (Lipinski definition) is 1. The van der Waals surface area contributed by atoms with E-state index in [1.807, 2.05) is 6.07 Å². The Labute approximate surface area is 97.3 Å². The van der Waals surface area contributed by atoms with Crippen LogP contribution >= 0.6 is 12.4 Å². The molecule has 0 aliphatic rings. The van der Waals surface area contributed by atoms with E-state index in [1.165, 1.54) is 24.3 Å². The minimum absolute atomic E-state index is 0. The quantitative estimate of drug-likeness (QED) is 0.877. The standard InChI is InChI=1S/C10H9F3N2.ClH/c11-10(12,13)5-9(15)8-3-1-2-7(4-8)6-14;/h1-4,9H,5,15H2;1H/t9-;/m0./s1. The van der Waals surface area contributed by atoms with Gasteiger partial charge >= 0.3 is 6.18 Å². The normalized spacial score (nSPS) is 12.4. The summed E-state index contributed by atoms with van der Waals surface area (Å²) in [6, 6.07) is 6.63. The highest BCUT2D eigenvalue weighted by Crippen LogP contribution is 2.27. The first kappa shape index (κ1) is 14.8. The summed E-state index contributed by atoms with van der Waals surface area (Å²) in [6.45, 7) is 0. The smallest absolute Gasteiger partial charge is 0.324 e. The fourth-order valence-electron chi connectivity index (χ4n) is 1.21. The molecule has 0 saturated carbocycles. The van der Waals surface area contributed by atoms with Gasteiger partial charge in [0.1, 0.15) is 0 Å². The number of nitrogens with two attached hydrogens (primary N) is 1. The van der Waals surface area contributed by atoms with Crippen molar-refractivity contribution in [3.63, 3.8) is 0 Å². The lowest BCUT2D eigenvalue weighted by molar-refractivity contribution is -0.138. The molecule has 88 valence electrons. The van der Waals surface area contributed by atoms with Crippen molar-refractivity contribution in [1.29, 1.82) is 5.26 Å². The van der Waals surface area contributed by atoms with Gasteiger partial charge in [-0.1, -0.05) is 12.1 Å². The van der Waals surface area contributed by atoms with Crippen molar-refractivity contribution < 1.29 is 13.2 Å². The van der Waals surface area contributed by atoms with Crippen molar-refractivity contribution in [1.82, 2.24) is 0 Å². The topological polar surface area (TPSA) is 49.8 Å². The van der Waals surface area contributed by atoms with Gasteiger partial charge in [0.25, 0.3) is 0 Å². The molecule has 1 aromatic rings. The van der Waals surface area contributed by atoms with Gasteiger partial charge < -0.3 is 5.73 Å². The molecule has 0 bridgehead atoms. The first-order chi connectivity index (χ1) is 6.92. The van der Waals surface area contributed by atoms with Gasteiger partial charge in [-0.05, 0) is 17.7 Å². The summed E-state index contributed by atoms with van der Waals surface area (Å²) in [5.74, 6) is 0. The van der Waals surface area contributed by atoms with E-state index in [2.05, 4.69) is 0 Å². The van der Waals surface area contributed by atoms with Gasteiger partial charge in [0.2, 0.25) is 0 Å². The summed E-state index contributed by atoms with van der Waals surface area (Å²) in [7, 11) is 0. The van der Waals surface area contributed by atoms with Gasteiger partial charge in [-0.15, -0.1) is 12.4 Å². The highest BCUT2D eigenvalue weighted by molar-refractivity contribution is 5.85. The van der Waals surface area contributed by atoms with Crippen LogP contribution in [0, 0.1) is 11.3 Å².